The number of primary amides is 1. The lowest BCUT2D eigenvalue weighted by atomic mass is 10.0. The number of rotatable bonds is 10. The smallest absolute Gasteiger partial charge is 0.274 e. The van der Waals surface area contributed by atoms with E-state index in [1.165, 1.54) is 35.4 Å². The molecule has 4 aromatic carbocycles. The molecule has 0 saturated carbocycles. The molecule has 4 rings (SSSR count). The molecule has 11 nitrogen and oxygen atoms in total. The van der Waals surface area contributed by atoms with Crippen LogP contribution in [-0.2, 0) is 11.3 Å². The number of benzene rings is 4. The number of para-hydroxylation sites is 1. The Morgan fingerprint density at radius 1 is 1.05 bits per heavy atom. The number of nitro groups is 1. The first kappa shape index (κ1) is 30.5. The number of amides is 2. The van der Waals surface area contributed by atoms with E-state index in [4.69, 9.17) is 38.3 Å². The van der Waals surface area contributed by atoms with E-state index in [-0.39, 0.29) is 54.2 Å². The van der Waals surface area contributed by atoms with Crippen LogP contribution in [-0.4, -0.2) is 52.7 Å². The lowest BCUT2D eigenvalue weighted by Crippen LogP contribution is -2.38. The largest absolute Gasteiger partial charge is 0.506 e. The zero-order chi connectivity index (χ0) is 29.9. The number of phenolic OH excluding ortho intramolecular Hbond substituents is 1. The number of nitrogens with two attached hydrogens (primary N) is 2. The number of halogens is 1. The highest BCUT2D eigenvalue weighted by Crippen LogP contribution is 2.28. The maximum absolute atomic E-state index is 12.8. The number of aromatic hydroxyl groups is 1. The highest BCUT2D eigenvalue weighted by atomic mass is 35.5. The number of hydrogen-bond acceptors (Lipinski definition) is 8. The van der Waals surface area contributed by atoms with Crippen molar-refractivity contribution in [3.63, 3.8) is 0 Å². The molecule has 0 aromatic heterocycles. The van der Waals surface area contributed by atoms with Gasteiger partial charge in [0.1, 0.15) is 11.5 Å². The summed E-state index contributed by atoms with van der Waals surface area (Å²) in [5.41, 5.74) is 12.0. The Morgan fingerprint density at radius 2 is 1.73 bits per heavy atom. The molecule has 12 heteroatoms. The van der Waals surface area contributed by atoms with Crippen LogP contribution in [0.15, 0.2) is 78.9 Å². The summed E-state index contributed by atoms with van der Waals surface area (Å²) in [4.78, 5) is 35.6. The summed E-state index contributed by atoms with van der Waals surface area (Å²) in [6.07, 6.45) is 1.27. The standard InChI is InChI=1S/C22H22N4O4.C7H6ClNO2/c23-11-12-25(14-17-5-1-4-8-20(17)26(28)29)22(27)15-30-21-10-9-16(13-24)18-6-2-3-7-19(18)21;8-5-3-4(7(9)11)1-2-6(5)10/h1-10,13,24H,11-12,14-15,23H2;1-3,10H,(H2,9,11). The maximum atomic E-state index is 12.8. The van der Waals surface area contributed by atoms with Crippen molar-refractivity contribution in [3.8, 4) is 11.5 Å². The van der Waals surface area contributed by atoms with Crippen molar-refractivity contribution < 1.29 is 24.4 Å². The lowest BCUT2D eigenvalue weighted by molar-refractivity contribution is -0.385. The number of nitrogens with zero attached hydrogens (tertiary/aromatic N) is 2. The average molecular weight is 578 g/mol. The van der Waals surface area contributed by atoms with Crippen LogP contribution < -0.4 is 16.2 Å². The number of carbonyl (C=O) groups is 2. The van der Waals surface area contributed by atoms with Gasteiger partial charge in [-0.2, -0.15) is 0 Å². The van der Waals surface area contributed by atoms with E-state index in [1.807, 2.05) is 24.3 Å². The van der Waals surface area contributed by atoms with E-state index in [0.717, 1.165) is 16.3 Å². The van der Waals surface area contributed by atoms with Crippen LogP contribution in [0.5, 0.6) is 11.5 Å². The summed E-state index contributed by atoms with van der Waals surface area (Å²) in [7, 11) is 0. The third kappa shape index (κ3) is 8.01. The van der Waals surface area contributed by atoms with Gasteiger partial charge in [-0.25, -0.2) is 0 Å². The summed E-state index contributed by atoms with van der Waals surface area (Å²) in [6.45, 7) is 0.323. The summed E-state index contributed by atoms with van der Waals surface area (Å²) < 4.78 is 5.78. The van der Waals surface area contributed by atoms with Crippen molar-refractivity contribution in [2.45, 2.75) is 6.54 Å². The second-order valence-electron chi connectivity index (χ2n) is 8.65. The minimum absolute atomic E-state index is 0.0403. The molecule has 0 aliphatic carbocycles. The van der Waals surface area contributed by atoms with Crippen LogP contribution >= 0.6 is 11.6 Å². The van der Waals surface area contributed by atoms with Crippen molar-refractivity contribution in [1.29, 1.82) is 5.41 Å². The fourth-order valence-electron chi connectivity index (χ4n) is 3.91. The van der Waals surface area contributed by atoms with E-state index in [9.17, 15) is 19.7 Å². The first-order chi connectivity index (χ1) is 19.7. The van der Waals surface area contributed by atoms with Crippen molar-refractivity contribution >= 4 is 46.1 Å². The molecular weight excluding hydrogens is 550 g/mol. The van der Waals surface area contributed by atoms with Crippen LogP contribution in [0.25, 0.3) is 10.8 Å². The molecule has 0 spiro atoms. The van der Waals surface area contributed by atoms with Gasteiger partial charge in [0.05, 0.1) is 16.5 Å². The zero-order valence-corrected chi connectivity index (χ0v) is 22.6. The Morgan fingerprint density at radius 3 is 2.37 bits per heavy atom. The third-order valence-electron chi connectivity index (χ3n) is 5.96. The Kier molecular flexibility index (Phi) is 10.7. The second kappa shape index (κ2) is 14.4. The van der Waals surface area contributed by atoms with Gasteiger partial charge >= 0.3 is 0 Å². The predicted molar refractivity (Wildman–Crippen MR) is 157 cm³/mol. The SMILES string of the molecule is N=Cc1ccc(OCC(=O)N(CCN)Cc2ccccc2[N+](=O)[O-])c2ccccc12.NC(=O)c1ccc(O)c(Cl)c1. The minimum Gasteiger partial charge on any atom is -0.506 e. The van der Waals surface area contributed by atoms with Gasteiger partial charge in [-0.15, -0.1) is 0 Å². The summed E-state index contributed by atoms with van der Waals surface area (Å²) in [6, 6.07) is 21.3. The number of ether oxygens (including phenoxy) is 1. The number of carbonyl (C=O) groups excluding carboxylic acids is 2. The highest BCUT2D eigenvalue weighted by Gasteiger charge is 2.20. The number of hydrogen-bond donors (Lipinski definition) is 4. The molecule has 0 heterocycles. The quantitative estimate of drug-likeness (QED) is 0.123. The predicted octanol–water partition coefficient (Wildman–Crippen LogP) is 4.26. The minimum atomic E-state index is -0.563. The van der Waals surface area contributed by atoms with E-state index < -0.39 is 10.8 Å². The molecule has 0 saturated heterocycles. The van der Waals surface area contributed by atoms with E-state index in [1.54, 1.807) is 30.3 Å². The molecule has 0 aliphatic rings. The van der Waals surface area contributed by atoms with Crippen LogP contribution in [0, 0.1) is 15.5 Å². The Bertz CT molecular complexity index is 1580. The topological polar surface area (TPSA) is 186 Å². The normalized spacial score (nSPS) is 10.3. The van der Waals surface area contributed by atoms with Crippen molar-refractivity contribution in [2.75, 3.05) is 19.7 Å². The molecular formula is C29H28ClN5O6. The van der Waals surface area contributed by atoms with Gasteiger partial charge in [-0.3, -0.25) is 19.7 Å². The molecule has 4 aromatic rings. The van der Waals surface area contributed by atoms with Crippen molar-refractivity contribution in [2.24, 2.45) is 11.5 Å². The van der Waals surface area contributed by atoms with Gasteiger partial charge in [0.15, 0.2) is 6.61 Å². The Labute approximate surface area is 240 Å². The molecule has 0 atom stereocenters. The van der Waals surface area contributed by atoms with E-state index >= 15 is 0 Å². The third-order valence-corrected chi connectivity index (χ3v) is 6.26. The molecule has 6 N–H and O–H groups in total. The van der Waals surface area contributed by atoms with Gasteiger partial charge in [-0.1, -0.05) is 54.1 Å². The molecule has 0 bridgehead atoms. The van der Waals surface area contributed by atoms with Crippen molar-refractivity contribution in [1.82, 2.24) is 4.90 Å². The second-order valence-corrected chi connectivity index (χ2v) is 9.06. The van der Waals surface area contributed by atoms with Gasteiger partial charge in [-0.05, 0) is 35.7 Å². The van der Waals surface area contributed by atoms with Gasteiger partial charge in [0.25, 0.3) is 11.6 Å². The molecule has 0 aliphatic heterocycles. The fraction of sp³-hybridized carbons (Fsp3) is 0.138. The first-order valence-electron chi connectivity index (χ1n) is 12.3. The van der Waals surface area contributed by atoms with Gasteiger partial charge < -0.3 is 31.6 Å². The average Bonchev–Trinajstić information content (AvgIpc) is 2.97. The fourth-order valence-corrected chi connectivity index (χ4v) is 4.09. The Hall–Kier alpha value is -5.00. The molecule has 0 unspecified atom stereocenters. The Balaban J connectivity index is 0.000000352. The number of nitro benzene ring substituents is 1. The van der Waals surface area contributed by atoms with Gasteiger partial charge in [0.2, 0.25) is 5.91 Å². The summed E-state index contributed by atoms with van der Waals surface area (Å²) in [5, 5.41) is 29.5. The monoisotopic (exact) mass is 577 g/mol. The van der Waals surface area contributed by atoms with Crippen molar-refractivity contribution in [3.05, 3.63) is 111 Å². The molecule has 0 fully saturated rings. The summed E-state index contributed by atoms with van der Waals surface area (Å²) >= 11 is 5.50. The summed E-state index contributed by atoms with van der Waals surface area (Å²) in [5.74, 6) is -0.412. The van der Waals surface area contributed by atoms with Crippen LogP contribution in [0.3, 0.4) is 0 Å². The maximum Gasteiger partial charge on any atom is 0.274 e. The van der Waals surface area contributed by atoms with Gasteiger partial charge in [0, 0.05) is 47.4 Å². The molecule has 2 amide bonds. The number of fused-ring (bicyclic) bond motifs is 1. The lowest BCUT2D eigenvalue weighted by Gasteiger charge is -2.22. The van der Waals surface area contributed by atoms with E-state index in [2.05, 4.69) is 0 Å². The first-order valence-corrected chi connectivity index (χ1v) is 12.7. The zero-order valence-electron chi connectivity index (χ0n) is 21.8. The number of nitrogens with one attached hydrogen (secondary N) is 1. The number of phenols is 1. The van der Waals surface area contributed by atoms with Crippen LogP contribution in [0.2, 0.25) is 5.02 Å². The van der Waals surface area contributed by atoms with Crippen LogP contribution in [0.1, 0.15) is 21.5 Å². The van der Waals surface area contributed by atoms with Crippen LogP contribution in [0.4, 0.5) is 5.69 Å². The molecule has 41 heavy (non-hydrogen) atoms. The molecule has 212 valence electrons. The van der Waals surface area contributed by atoms with E-state index in [0.29, 0.717) is 11.3 Å². The molecule has 0 radical (unpaired) electrons. The highest BCUT2D eigenvalue weighted by molar-refractivity contribution is 6.32.